The second-order valence-electron chi connectivity index (χ2n) is 3.53. The zero-order chi connectivity index (χ0) is 13.1. The monoisotopic (exact) mass is 264 g/mol. The minimum atomic E-state index is -0.552. The first-order valence-corrected chi connectivity index (χ1v) is 5.36. The Kier molecular flexibility index (Phi) is 3.29. The summed E-state index contributed by atoms with van der Waals surface area (Å²) in [6.07, 6.45) is 1.14. The summed E-state index contributed by atoms with van der Waals surface area (Å²) < 4.78 is 0. The van der Waals surface area contributed by atoms with Crippen LogP contribution in [0.3, 0.4) is 0 Å². The maximum absolute atomic E-state index is 10.5. The molecule has 2 rings (SSSR count). The molecule has 1 aromatic carbocycles. The summed E-state index contributed by atoms with van der Waals surface area (Å²) in [5.41, 5.74) is 6.78. The van der Waals surface area contributed by atoms with Crippen LogP contribution in [0.5, 0.6) is 0 Å². The first-order chi connectivity index (χ1) is 8.56. The number of pyridine rings is 1. The van der Waals surface area contributed by atoms with Gasteiger partial charge >= 0.3 is 0 Å². The van der Waals surface area contributed by atoms with Crippen LogP contribution in [0.1, 0.15) is 0 Å². The molecule has 0 spiro atoms. The SMILES string of the molecule is Nc1cccc(Nc2ncc([N+](=O)[O-])cc2Cl)c1. The molecule has 0 amide bonds. The Hall–Kier alpha value is -2.34. The molecule has 0 fully saturated rings. The largest absolute Gasteiger partial charge is 0.399 e. The fourth-order valence-electron chi connectivity index (χ4n) is 1.37. The second kappa shape index (κ2) is 4.89. The molecule has 0 radical (unpaired) electrons. The summed E-state index contributed by atoms with van der Waals surface area (Å²) in [5, 5.41) is 13.6. The molecule has 1 heterocycles. The van der Waals surface area contributed by atoms with Crippen molar-refractivity contribution in [2.24, 2.45) is 0 Å². The smallest absolute Gasteiger partial charge is 0.289 e. The number of nitrogen functional groups attached to an aromatic ring is 1. The minimum Gasteiger partial charge on any atom is -0.399 e. The zero-order valence-electron chi connectivity index (χ0n) is 9.13. The van der Waals surface area contributed by atoms with Gasteiger partial charge in [0.25, 0.3) is 5.69 Å². The molecule has 0 aliphatic rings. The lowest BCUT2D eigenvalue weighted by molar-refractivity contribution is -0.385. The summed E-state index contributed by atoms with van der Waals surface area (Å²) in [4.78, 5) is 13.9. The molecule has 0 saturated heterocycles. The van der Waals surface area contributed by atoms with Crippen molar-refractivity contribution in [3.8, 4) is 0 Å². The first kappa shape index (κ1) is 12.1. The molecule has 0 unspecified atom stereocenters. The highest BCUT2D eigenvalue weighted by Crippen LogP contribution is 2.27. The van der Waals surface area contributed by atoms with Crippen molar-refractivity contribution in [1.82, 2.24) is 4.98 Å². The van der Waals surface area contributed by atoms with E-state index in [0.29, 0.717) is 17.2 Å². The molecule has 2 aromatic rings. The van der Waals surface area contributed by atoms with E-state index in [4.69, 9.17) is 17.3 Å². The lowest BCUT2D eigenvalue weighted by atomic mass is 10.3. The molecule has 0 bridgehead atoms. The number of benzene rings is 1. The predicted octanol–water partition coefficient (Wildman–Crippen LogP) is 2.97. The lowest BCUT2D eigenvalue weighted by Gasteiger charge is -2.07. The molecule has 7 heteroatoms. The average molecular weight is 265 g/mol. The molecule has 6 nitrogen and oxygen atoms in total. The van der Waals surface area contributed by atoms with E-state index in [2.05, 4.69) is 10.3 Å². The highest BCUT2D eigenvalue weighted by Gasteiger charge is 2.10. The molecule has 0 aliphatic carbocycles. The molecule has 92 valence electrons. The number of nitrogens with one attached hydrogen (secondary N) is 1. The summed E-state index contributed by atoms with van der Waals surface area (Å²) in [6, 6.07) is 8.26. The van der Waals surface area contributed by atoms with Gasteiger partial charge in [0, 0.05) is 17.4 Å². The van der Waals surface area contributed by atoms with Crippen molar-refractivity contribution < 1.29 is 4.92 Å². The predicted molar refractivity (Wildman–Crippen MR) is 70.0 cm³/mol. The van der Waals surface area contributed by atoms with Crippen LogP contribution >= 0.6 is 11.6 Å². The van der Waals surface area contributed by atoms with Gasteiger partial charge in [0.2, 0.25) is 0 Å². The van der Waals surface area contributed by atoms with Gasteiger partial charge in [0.05, 0.1) is 9.95 Å². The van der Waals surface area contributed by atoms with E-state index in [9.17, 15) is 10.1 Å². The fraction of sp³-hybridized carbons (Fsp3) is 0. The highest BCUT2D eigenvalue weighted by molar-refractivity contribution is 6.33. The Morgan fingerprint density at radius 1 is 1.39 bits per heavy atom. The van der Waals surface area contributed by atoms with E-state index in [1.807, 2.05) is 0 Å². The van der Waals surface area contributed by atoms with Gasteiger partial charge in [-0.15, -0.1) is 0 Å². The van der Waals surface area contributed by atoms with Crippen LogP contribution in [0.25, 0.3) is 0 Å². The number of aromatic nitrogens is 1. The van der Waals surface area contributed by atoms with Crippen LogP contribution in [0.2, 0.25) is 5.02 Å². The molecular weight excluding hydrogens is 256 g/mol. The number of nitrogens with two attached hydrogens (primary N) is 1. The number of anilines is 3. The number of rotatable bonds is 3. The van der Waals surface area contributed by atoms with Crippen LogP contribution in [-0.2, 0) is 0 Å². The summed E-state index contributed by atoms with van der Waals surface area (Å²) in [6.45, 7) is 0. The van der Waals surface area contributed by atoms with E-state index in [-0.39, 0.29) is 10.7 Å². The Balaban J connectivity index is 2.27. The maximum Gasteiger partial charge on any atom is 0.289 e. The normalized spacial score (nSPS) is 10.1. The molecule has 0 saturated carbocycles. The number of hydrogen-bond acceptors (Lipinski definition) is 5. The molecule has 1 aromatic heterocycles. The van der Waals surface area contributed by atoms with Gasteiger partial charge in [-0.05, 0) is 18.2 Å². The van der Waals surface area contributed by atoms with Crippen molar-refractivity contribution in [2.75, 3.05) is 11.1 Å². The van der Waals surface area contributed by atoms with Crippen LogP contribution in [0, 0.1) is 10.1 Å². The van der Waals surface area contributed by atoms with Gasteiger partial charge in [-0.3, -0.25) is 10.1 Å². The summed E-state index contributed by atoms with van der Waals surface area (Å²) in [7, 11) is 0. The Morgan fingerprint density at radius 3 is 2.78 bits per heavy atom. The Morgan fingerprint density at radius 2 is 2.17 bits per heavy atom. The van der Waals surface area contributed by atoms with Crippen LogP contribution < -0.4 is 11.1 Å². The quantitative estimate of drug-likeness (QED) is 0.505. The van der Waals surface area contributed by atoms with Gasteiger partial charge in [-0.2, -0.15) is 0 Å². The standard InChI is InChI=1S/C11H9ClN4O2/c12-10-5-9(16(17)18)6-14-11(10)15-8-3-1-2-7(13)4-8/h1-6H,13H2,(H,14,15). The Labute approximate surface area is 108 Å². The van der Waals surface area contributed by atoms with Crippen molar-refractivity contribution in [2.45, 2.75) is 0 Å². The molecule has 3 N–H and O–H groups in total. The van der Waals surface area contributed by atoms with Gasteiger partial charge in [-0.1, -0.05) is 17.7 Å². The third kappa shape index (κ3) is 2.67. The van der Waals surface area contributed by atoms with Crippen molar-refractivity contribution >= 4 is 34.5 Å². The van der Waals surface area contributed by atoms with Crippen LogP contribution in [0.4, 0.5) is 22.9 Å². The van der Waals surface area contributed by atoms with Crippen LogP contribution in [0.15, 0.2) is 36.5 Å². The molecule has 0 aliphatic heterocycles. The number of halogens is 1. The number of nitro groups is 1. The van der Waals surface area contributed by atoms with E-state index < -0.39 is 4.92 Å². The van der Waals surface area contributed by atoms with E-state index in [1.165, 1.54) is 6.07 Å². The van der Waals surface area contributed by atoms with E-state index in [0.717, 1.165) is 6.20 Å². The molecular formula is C11H9ClN4O2. The van der Waals surface area contributed by atoms with Crippen molar-refractivity contribution in [1.29, 1.82) is 0 Å². The van der Waals surface area contributed by atoms with Gasteiger partial charge in [0.15, 0.2) is 0 Å². The van der Waals surface area contributed by atoms with Crippen molar-refractivity contribution in [3.05, 3.63) is 51.7 Å². The van der Waals surface area contributed by atoms with Gasteiger partial charge < -0.3 is 11.1 Å². The number of hydrogen-bond donors (Lipinski definition) is 2. The molecule has 0 atom stereocenters. The van der Waals surface area contributed by atoms with Gasteiger partial charge in [0.1, 0.15) is 12.0 Å². The first-order valence-electron chi connectivity index (χ1n) is 4.99. The van der Waals surface area contributed by atoms with Crippen molar-refractivity contribution in [3.63, 3.8) is 0 Å². The Bertz CT molecular complexity index is 603. The zero-order valence-corrected chi connectivity index (χ0v) is 9.89. The van der Waals surface area contributed by atoms with E-state index in [1.54, 1.807) is 24.3 Å². The summed E-state index contributed by atoms with van der Waals surface area (Å²) >= 11 is 5.90. The second-order valence-corrected chi connectivity index (χ2v) is 3.94. The average Bonchev–Trinajstić information content (AvgIpc) is 2.31. The maximum atomic E-state index is 10.5. The number of nitrogens with zero attached hydrogens (tertiary/aromatic N) is 2. The minimum absolute atomic E-state index is 0.155. The third-order valence-electron chi connectivity index (χ3n) is 2.19. The topological polar surface area (TPSA) is 94.1 Å². The lowest BCUT2D eigenvalue weighted by Crippen LogP contribution is -1.97. The van der Waals surface area contributed by atoms with Gasteiger partial charge in [-0.25, -0.2) is 4.98 Å². The molecule has 18 heavy (non-hydrogen) atoms. The highest BCUT2D eigenvalue weighted by atomic mass is 35.5. The summed E-state index contributed by atoms with van der Waals surface area (Å²) in [5.74, 6) is 0.341. The third-order valence-corrected chi connectivity index (χ3v) is 2.48. The van der Waals surface area contributed by atoms with E-state index >= 15 is 0 Å². The van der Waals surface area contributed by atoms with Crippen LogP contribution in [-0.4, -0.2) is 9.91 Å². The fourth-order valence-corrected chi connectivity index (χ4v) is 1.58.